The fraction of sp³-hybridized carbons (Fsp3) is 0.0909. The molecule has 0 bridgehead atoms. The molecule has 5 heteroatoms. The lowest BCUT2D eigenvalue weighted by Gasteiger charge is -2.06. The second-order valence-electron chi connectivity index (χ2n) is 3.24. The molecular weight excluding hydrogens is 228 g/mol. The van der Waals surface area contributed by atoms with Crippen LogP contribution in [0.15, 0.2) is 24.4 Å². The van der Waals surface area contributed by atoms with Gasteiger partial charge in [0.25, 0.3) is 0 Å². The third-order valence-corrected chi connectivity index (χ3v) is 2.51. The number of aromatic nitrogens is 1. The summed E-state index contributed by atoms with van der Waals surface area (Å²) in [4.78, 5) is 15.5. The highest BCUT2D eigenvalue weighted by atomic mass is 35.5. The van der Waals surface area contributed by atoms with E-state index in [0.717, 1.165) is 0 Å². The molecule has 0 saturated carbocycles. The van der Waals surface area contributed by atoms with E-state index in [0.29, 0.717) is 21.6 Å². The molecule has 82 valence electrons. The van der Waals surface area contributed by atoms with Crippen LogP contribution in [-0.4, -0.2) is 18.1 Å². The minimum absolute atomic E-state index is 0.247. The predicted octanol–water partition coefficient (Wildman–Crippen LogP) is 2.26. The SMILES string of the molecule is COC(=O)c1cnc2ccc(Cl)cc2c1N. The van der Waals surface area contributed by atoms with Crippen molar-refractivity contribution in [1.82, 2.24) is 4.98 Å². The number of fused-ring (bicyclic) bond motifs is 1. The summed E-state index contributed by atoms with van der Waals surface area (Å²) in [5, 5.41) is 1.19. The van der Waals surface area contributed by atoms with Crippen LogP contribution in [0.25, 0.3) is 10.9 Å². The molecule has 0 saturated heterocycles. The van der Waals surface area contributed by atoms with E-state index in [4.69, 9.17) is 17.3 Å². The quantitative estimate of drug-likeness (QED) is 0.772. The van der Waals surface area contributed by atoms with Crippen LogP contribution >= 0.6 is 11.6 Å². The van der Waals surface area contributed by atoms with Crippen LogP contribution < -0.4 is 5.73 Å². The number of pyridine rings is 1. The summed E-state index contributed by atoms with van der Waals surface area (Å²) in [6, 6.07) is 5.13. The van der Waals surface area contributed by atoms with Gasteiger partial charge in [-0.1, -0.05) is 11.6 Å². The van der Waals surface area contributed by atoms with E-state index in [2.05, 4.69) is 9.72 Å². The number of anilines is 1. The molecule has 0 aliphatic carbocycles. The Balaban J connectivity index is 2.72. The fourth-order valence-corrected chi connectivity index (χ4v) is 1.63. The van der Waals surface area contributed by atoms with Crippen molar-refractivity contribution in [3.05, 3.63) is 35.0 Å². The molecule has 16 heavy (non-hydrogen) atoms. The number of nitrogens with two attached hydrogens (primary N) is 1. The largest absolute Gasteiger partial charge is 0.465 e. The van der Waals surface area contributed by atoms with Crippen LogP contribution in [0.1, 0.15) is 10.4 Å². The maximum absolute atomic E-state index is 11.4. The molecule has 2 rings (SSSR count). The summed E-state index contributed by atoms with van der Waals surface area (Å²) in [6.45, 7) is 0. The van der Waals surface area contributed by atoms with Crippen molar-refractivity contribution in [1.29, 1.82) is 0 Å². The molecule has 0 aliphatic heterocycles. The first kappa shape index (κ1) is 10.7. The summed E-state index contributed by atoms with van der Waals surface area (Å²) in [5.41, 5.74) is 7.13. The number of carbonyl (C=O) groups excluding carboxylic acids is 1. The van der Waals surface area contributed by atoms with Crippen molar-refractivity contribution in [3.8, 4) is 0 Å². The zero-order valence-electron chi connectivity index (χ0n) is 8.53. The van der Waals surface area contributed by atoms with Crippen molar-refractivity contribution in [2.24, 2.45) is 0 Å². The average Bonchev–Trinajstić information content (AvgIpc) is 2.29. The highest BCUT2D eigenvalue weighted by molar-refractivity contribution is 6.31. The van der Waals surface area contributed by atoms with E-state index in [-0.39, 0.29) is 5.56 Å². The van der Waals surface area contributed by atoms with Crippen molar-refractivity contribution in [3.63, 3.8) is 0 Å². The van der Waals surface area contributed by atoms with Gasteiger partial charge in [-0.15, -0.1) is 0 Å². The number of rotatable bonds is 1. The minimum Gasteiger partial charge on any atom is -0.465 e. The number of halogens is 1. The van der Waals surface area contributed by atoms with Gasteiger partial charge in [-0.2, -0.15) is 0 Å². The van der Waals surface area contributed by atoms with Crippen molar-refractivity contribution in [2.75, 3.05) is 12.8 Å². The second kappa shape index (κ2) is 3.98. The van der Waals surface area contributed by atoms with E-state index >= 15 is 0 Å². The van der Waals surface area contributed by atoms with Crippen LogP contribution in [0, 0.1) is 0 Å². The Labute approximate surface area is 97.0 Å². The third-order valence-electron chi connectivity index (χ3n) is 2.28. The van der Waals surface area contributed by atoms with Crippen molar-refractivity contribution < 1.29 is 9.53 Å². The van der Waals surface area contributed by atoms with Crippen LogP contribution in [0.3, 0.4) is 0 Å². The molecule has 2 aromatic rings. The Kier molecular flexibility index (Phi) is 2.66. The maximum Gasteiger partial charge on any atom is 0.341 e. The highest BCUT2D eigenvalue weighted by Gasteiger charge is 2.13. The van der Waals surface area contributed by atoms with Gasteiger partial charge in [0.2, 0.25) is 0 Å². The minimum atomic E-state index is -0.508. The first-order valence-corrected chi connectivity index (χ1v) is 4.93. The van der Waals surface area contributed by atoms with E-state index in [1.54, 1.807) is 18.2 Å². The molecule has 0 fully saturated rings. The smallest absolute Gasteiger partial charge is 0.341 e. The Hall–Kier alpha value is -1.81. The van der Waals surface area contributed by atoms with Gasteiger partial charge in [0.05, 0.1) is 18.3 Å². The van der Waals surface area contributed by atoms with E-state index in [9.17, 15) is 4.79 Å². The zero-order chi connectivity index (χ0) is 11.7. The number of esters is 1. The lowest BCUT2D eigenvalue weighted by molar-refractivity contribution is 0.0601. The number of nitrogens with zero attached hydrogens (tertiary/aromatic N) is 1. The third kappa shape index (κ3) is 1.67. The topological polar surface area (TPSA) is 65.2 Å². The maximum atomic E-state index is 11.4. The van der Waals surface area contributed by atoms with Gasteiger partial charge < -0.3 is 10.5 Å². The Morgan fingerprint density at radius 2 is 2.25 bits per heavy atom. The number of methoxy groups -OCH3 is 1. The molecule has 1 aromatic heterocycles. The lowest BCUT2D eigenvalue weighted by Crippen LogP contribution is -2.06. The standard InChI is InChI=1S/C11H9ClN2O2/c1-16-11(15)8-5-14-9-3-2-6(12)4-7(9)10(8)13/h2-5H,1H3,(H2,13,14). The Morgan fingerprint density at radius 1 is 1.50 bits per heavy atom. The van der Waals surface area contributed by atoms with Crippen LogP contribution in [0.2, 0.25) is 5.02 Å². The molecule has 0 unspecified atom stereocenters. The van der Waals surface area contributed by atoms with Gasteiger partial charge in [0, 0.05) is 16.6 Å². The van der Waals surface area contributed by atoms with Gasteiger partial charge in [-0.3, -0.25) is 4.98 Å². The number of benzene rings is 1. The van der Waals surface area contributed by atoms with E-state index in [1.165, 1.54) is 13.3 Å². The first-order chi connectivity index (χ1) is 7.63. The number of hydrogen-bond donors (Lipinski definition) is 1. The molecule has 4 nitrogen and oxygen atoms in total. The molecule has 1 heterocycles. The summed E-state index contributed by atoms with van der Waals surface area (Å²) in [6.07, 6.45) is 1.40. The molecule has 1 aromatic carbocycles. The zero-order valence-corrected chi connectivity index (χ0v) is 9.28. The molecular formula is C11H9ClN2O2. The summed E-state index contributed by atoms with van der Waals surface area (Å²) >= 11 is 5.86. The molecule has 0 aliphatic rings. The number of carbonyl (C=O) groups is 1. The Morgan fingerprint density at radius 3 is 2.94 bits per heavy atom. The van der Waals surface area contributed by atoms with E-state index < -0.39 is 5.97 Å². The van der Waals surface area contributed by atoms with Gasteiger partial charge in [0.15, 0.2) is 0 Å². The lowest BCUT2D eigenvalue weighted by atomic mass is 10.1. The number of ether oxygens (including phenoxy) is 1. The number of nitrogen functional groups attached to an aromatic ring is 1. The molecule has 0 spiro atoms. The summed E-state index contributed by atoms with van der Waals surface area (Å²) < 4.78 is 4.60. The van der Waals surface area contributed by atoms with Crippen LogP contribution in [0.5, 0.6) is 0 Å². The summed E-state index contributed by atoms with van der Waals surface area (Å²) in [7, 11) is 1.30. The Bertz CT molecular complexity index is 569. The molecule has 0 amide bonds. The fourth-order valence-electron chi connectivity index (χ4n) is 1.46. The van der Waals surface area contributed by atoms with E-state index in [1.807, 2.05) is 0 Å². The van der Waals surface area contributed by atoms with Gasteiger partial charge in [-0.05, 0) is 18.2 Å². The second-order valence-corrected chi connectivity index (χ2v) is 3.68. The molecule has 0 atom stereocenters. The van der Waals surface area contributed by atoms with Gasteiger partial charge in [-0.25, -0.2) is 4.79 Å². The summed E-state index contributed by atoms with van der Waals surface area (Å²) in [5.74, 6) is -0.508. The monoisotopic (exact) mass is 236 g/mol. The molecule has 2 N–H and O–H groups in total. The van der Waals surface area contributed by atoms with Gasteiger partial charge in [0.1, 0.15) is 5.56 Å². The van der Waals surface area contributed by atoms with Crippen LogP contribution in [-0.2, 0) is 4.74 Å². The normalized spacial score (nSPS) is 10.4. The average molecular weight is 237 g/mol. The predicted molar refractivity (Wildman–Crippen MR) is 62.5 cm³/mol. The first-order valence-electron chi connectivity index (χ1n) is 4.55. The number of hydrogen-bond acceptors (Lipinski definition) is 4. The molecule has 0 radical (unpaired) electrons. The van der Waals surface area contributed by atoms with Crippen molar-refractivity contribution >= 4 is 34.2 Å². The van der Waals surface area contributed by atoms with Crippen molar-refractivity contribution in [2.45, 2.75) is 0 Å². The van der Waals surface area contributed by atoms with Crippen LogP contribution in [0.4, 0.5) is 5.69 Å². The van der Waals surface area contributed by atoms with Gasteiger partial charge >= 0.3 is 5.97 Å². The highest BCUT2D eigenvalue weighted by Crippen LogP contribution is 2.26.